The normalized spacial score (nSPS) is 11.9. The van der Waals surface area contributed by atoms with Crippen molar-refractivity contribution in [3.8, 4) is 0 Å². The lowest BCUT2D eigenvalue weighted by atomic mass is 10.0. The molecule has 1 unspecified atom stereocenters. The first-order valence-electron chi connectivity index (χ1n) is 12.5. The van der Waals surface area contributed by atoms with Gasteiger partial charge in [-0.15, -0.1) is 12.4 Å². The standard InChI is InChI=1S/C31H26N4O2.ClH/c36-31(37)28(35-30-22-12-3-7-16-26(22)34-27-17-8-4-13-23(27)30)18-9-19-32-29-20-10-1-5-14-24(20)33-25-15-6-2-11-21(25)29;/h1-8,10-17,28H,9,18-19H2,(H,32,33)(H,34,35)(H,36,37);1H. The molecule has 38 heavy (non-hydrogen) atoms. The van der Waals surface area contributed by atoms with Crippen molar-refractivity contribution in [3.05, 3.63) is 97.1 Å². The van der Waals surface area contributed by atoms with Crippen molar-refractivity contribution < 1.29 is 9.90 Å². The van der Waals surface area contributed by atoms with Crippen LogP contribution in [0.4, 0.5) is 11.4 Å². The van der Waals surface area contributed by atoms with E-state index in [0.29, 0.717) is 19.4 Å². The molecule has 2 heterocycles. The van der Waals surface area contributed by atoms with Gasteiger partial charge in [-0.25, -0.2) is 14.8 Å². The Balaban J connectivity index is 0.00000294. The van der Waals surface area contributed by atoms with E-state index in [-0.39, 0.29) is 12.4 Å². The molecule has 0 aliphatic heterocycles. The number of nitrogens with zero attached hydrogens (tertiary/aromatic N) is 2. The lowest BCUT2D eigenvalue weighted by Gasteiger charge is -2.19. The van der Waals surface area contributed by atoms with Crippen LogP contribution in [-0.2, 0) is 4.79 Å². The van der Waals surface area contributed by atoms with Crippen LogP contribution in [0, 0.1) is 0 Å². The Hall–Kier alpha value is -4.42. The fraction of sp³-hybridized carbons (Fsp3) is 0.129. The molecule has 7 heteroatoms. The average molecular weight is 523 g/mol. The molecule has 190 valence electrons. The molecule has 0 fully saturated rings. The van der Waals surface area contributed by atoms with Crippen molar-refractivity contribution in [3.63, 3.8) is 0 Å². The number of anilines is 2. The minimum absolute atomic E-state index is 0. The van der Waals surface area contributed by atoms with Crippen LogP contribution >= 0.6 is 12.4 Å². The van der Waals surface area contributed by atoms with Crippen LogP contribution < -0.4 is 10.6 Å². The van der Waals surface area contributed by atoms with Crippen molar-refractivity contribution in [2.45, 2.75) is 18.9 Å². The number of nitrogens with one attached hydrogen (secondary N) is 2. The second-order valence-electron chi connectivity index (χ2n) is 9.15. The Morgan fingerprint density at radius 1 is 0.658 bits per heavy atom. The van der Waals surface area contributed by atoms with Crippen LogP contribution in [0.3, 0.4) is 0 Å². The minimum atomic E-state index is -0.871. The van der Waals surface area contributed by atoms with Crippen LogP contribution in [0.2, 0.25) is 0 Å². The average Bonchev–Trinajstić information content (AvgIpc) is 2.93. The Bertz CT molecular complexity index is 1660. The van der Waals surface area contributed by atoms with Crippen molar-refractivity contribution >= 4 is 73.4 Å². The van der Waals surface area contributed by atoms with Gasteiger partial charge in [0.2, 0.25) is 0 Å². The molecule has 0 amide bonds. The van der Waals surface area contributed by atoms with Crippen LogP contribution in [0.5, 0.6) is 0 Å². The maximum Gasteiger partial charge on any atom is 0.326 e. The number of hydrogen-bond acceptors (Lipinski definition) is 5. The Morgan fingerprint density at radius 2 is 1.05 bits per heavy atom. The van der Waals surface area contributed by atoms with Crippen molar-refractivity contribution in [1.29, 1.82) is 0 Å². The third-order valence-electron chi connectivity index (χ3n) is 6.76. The molecule has 0 aliphatic carbocycles. The number of carbonyl (C=O) groups is 1. The lowest BCUT2D eigenvalue weighted by Crippen LogP contribution is -2.30. The summed E-state index contributed by atoms with van der Waals surface area (Å²) in [5, 5.41) is 20.9. The number of fused-ring (bicyclic) bond motifs is 4. The number of carboxylic acid groups (broad SMARTS) is 1. The zero-order valence-corrected chi connectivity index (χ0v) is 21.4. The van der Waals surface area contributed by atoms with Crippen LogP contribution in [0.1, 0.15) is 12.8 Å². The summed E-state index contributed by atoms with van der Waals surface area (Å²) in [6.07, 6.45) is 1.14. The molecule has 0 radical (unpaired) electrons. The van der Waals surface area contributed by atoms with E-state index < -0.39 is 12.0 Å². The van der Waals surface area contributed by atoms with Gasteiger partial charge in [0.1, 0.15) is 6.04 Å². The van der Waals surface area contributed by atoms with Crippen LogP contribution in [-0.4, -0.2) is 33.6 Å². The van der Waals surface area contributed by atoms with Gasteiger partial charge in [0.15, 0.2) is 0 Å². The fourth-order valence-electron chi connectivity index (χ4n) is 4.98. The maximum absolute atomic E-state index is 12.3. The molecule has 0 saturated heterocycles. The molecule has 1 atom stereocenters. The van der Waals surface area contributed by atoms with Gasteiger partial charge in [-0.1, -0.05) is 72.8 Å². The van der Waals surface area contributed by atoms with Crippen LogP contribution in [0.15, 0.2) is 97.1 Å². The van der Waals surface area contributed by atoms with Gasteiger partial charge in [0.05, 0.1) is 33.4 Å². The summed E-state index contributed by atoms with van der Waals surface area (Å²) < 4.78 is 0. The predicted octanol–water partition coefficient (Wildman–Crippen LogP) is 7.27. The third kappa shape index (κ3) is 4.78. The number of halogens is 1. The molecular weight excluding hydrogens is 496 g/mol. The topological polar surface area (TPSA) is 87.1 Å². The van der Waals surface area contributed by atoms with Crippen molar-refractivity contribution in [2.24, 2.45) is 0 Å². The van der Waals surface area contributed by atoms with E-state index in [4.69, 9.17) is 9.97 Å². The summed E-state index contributed by atoms with van der Waals surface area (Å²) in [7, 11) is 0. The fourth-order valence-corrected chi connectivity index (χ4v) is 4.98. The Kier molecular flexibility index (Phi) is 7.24. The van der Waals surface area contributed by atoms with Gasteiger partial charge in [-0.05, 0) is 37.1 Å². The predicted molar refractivity (Wildman–Crippen MR) is 159 cm³/mol. The lowest BCUT2D eigenvalue weighted by molar-refractivity contribution is -0.138. The second-order valence-corrected chi connectivity index (χ2v) is 9.15. The number of pyridine rings is 2. The van der Waals surface area contributed by atoms with Gasteiger partial charge < -0.3 is 15.7 Å². The molecule has 0 saturated carbocycles. The van der Waals surface area contributed by atoms with Crippen molar-refractivity contribution in [1.82, 2.24) is 9.97 Å². The second kappa shape index (κ2) is 10.9. The molecule has 0 bridgehead atoms. The van der Waals surface area contributed by atoms with Gasteiger partial charge in [-0.2, -0.15) is 0 Å². The van der Waals surface area contributed by atoms with Crippen LogP contribution in [0.25, 0.3) is 43.6 Å². The summed E-state index contributed by atoms with van der Waals surface area (Å²) in [6, 6.07) is 31.1. The first-order chi connectivity index (χ1) is 18.2. The monoisotopic (exact) mass is 522 g/mol. The first kappa shape index (κ1) is 25.2. The van der Waals surface area contributed by atoms with E-state index in [0.717, 1.165) is 55.0 Å². The highest BCUT2D eigenvalue weighted by atomic mass is 35.5. The number of carboxylic acids is 1. The molecule has 6 nitrogen and oxygen atoms in total. The van der Waals surface area contributed by atoms with E-state index in [9.17, 15) is 9.90 Å². The molecule has 3 N–H and O–H groups in total. The zero-order valence-electron chi connectivity index (χ0n) is 20.6. The molecule has 4 aromatic carbocycles. The number of para-hydroxylation sites is 4. The van der Waals surface area contributed by atoms with E-state index in [2.05, 4.69) is 22.8 Å². The third-order valence-corrected chi connectivity index (χ3v) is 6.76. The van der Waals surface area contributed by atoms with Gasteiger partial charge in [0.25, 0.3) is 0 Å². The summed E-state index contributed by atoms with van der Waals surface area (Å²) in [5.41, 5.74) is 5.40. The maximum atomic E-state index is 12.3. The molecule has 2 aromatic heterocycles. The largest absolute Gasteiger partial charge is 0.480 e. The number of rotatable bonds is 8. The Morgan fingerprint density at radius 3 is 1.47 bits per heavy atom. The molecule has 0 aliphatic rings. The van der Waals surface area contributed by atoms with E-state index in [1.165, 1.54) is 0 Å². The smallest absolute Gasteiger partial charge is 0.326 e. The molecular formula is C31H27ClN4O2. The highest BCUT2D eigenvalue weighted by molar-refractivity contribution is 6.08. The number of aromatic nitrogens is 2. The van der Waals surface area contributed by atoms with Gasteiger partial charge >= 0.3 is 5.97 Å². The highest BCUT2D eigenvalue weighted by Gasteiger charge is 2.20. The molecule has 6 rings (SSSR count). The quantitative estimate of drug-likeness (QED) is 0.144. The molecule has 6 aromatic rings. The highest BCUT2D eigenvalue weighted by Crippen LogP contribution is 2.32. The van der Waals surface area contributed by atoms with E-state index in [1.54, 1.807) is 0 Å². The summed E-state index contributed by atoms with van der Waals surface area (Å²) in [6.45, 7) is 0.640. The molecule has 0 spiro atoms. The summed E-state index contributed by atoms with van der Waals surface area (Å²) in [5.74, 6) is -0.871. The van der Waals surface area contributed by atoms with E-state index >= 15 is 0 Å². The number of hydrogen-bond donors (Lipinski definition) is 3. The Labute approximate surface area is 226 Å². The number of benzene rings is 4. The zero-order chi connectivity index (χ0) is 25.2. The minimum Gasteiger partial charge on any atom is -0.480 e. The van der Waals surface area contributed by atoms with Gasteiger partial charge in [-0.3, -0.25) is 0 Å². The van der Waals surface area contributed by atoms with E-state index in [1.807, 2.05) is 84.9 Å². The summed E-state index contributed by atoms with van der Waals surface area (Å²) >= 11 is 0. The summed E-state index contributed by atoms with van der Waals surface area (Å²) in [4.78, 5) is 21.8. The van der Waals surface area contributed by atoms with Gasteiger partial charge in [0, 0.05) is 28.1 Å². The van der Waals surface area contributed by atoms with Crippen molar-refractivity contribution in [2.75, 3.05) is 17.2 Å². The SMILES string of the molecule is Cl.O=C(O)C(CCCNc1c2ccccc2nc2ccccc12)Nc1c2ccccc2nc2ccccc12. The number of aliphatic carboxylic acids is 1. The first-order valence-corrected chi connectivity index (χ1v) is 12.5.